The maximum absolute atomic E-state index is 11.4. The first-order valence-electron chi connectivity index (χ1n) is 10.4. The summed E-state index contributed by atoms with van der Waals surface area (Å²) in [5.41, 5.74) is -0.589. The van der Waals surface area contributed by atoms with Crippen LogP contribution in [0.2, 0.25) is 0 Å². The predicted molar refractivity (Wildman–Crippen MR) is 106 cm³/mol. The Morgan fingerprint density at radius 1 is 1.22 bits per heavy atom. The Bertz CT molecular complexity index is 559. The third-order valence-electron chi connectivity index (χ3n) is 6.92. The Balaban J connectivity index is 2.07. The minimum absolute atomic E-state index is 0.122. The molecule has 1 saturated carbocycles. The molecule has 3 N–H and O–H groups in total. The van der Waals surface area contributed by atoms with Crippen LogP contribution in [-0.4, -0.2) is 44.2 Å². The van der Waals surface area contributed by atoms with Crippen LogP contribution >= 0.6 is 0 Å². The maximum atomic E-state index is 11.4. The van der Waals surface area contributed by atoms with Gasteiger partial charge in [0.15, 0.2) is 0 Å². The van der Waals surface area contributed by atoms with Crippen molar-refractivity contribution in [3.63, 3.8) is 0 Å². The largest absolute Gasteiger partial charge is 0.461 e. The van der Waals surface area contributed by atoms with E-state index in [1.165, 1.54) is 6.33 Å². The Morgan fingerprint density at radius 2 is 1.96 bits per heavy atom. The highest BCUT2D eigenvalue weighted by Gasteiger charge is 2.46. The van der Waals surface area contributed by atoms with Crippen molar-refractivity contribution in [2.75, 3.05) is 13.2 Å². The molecule has 27 heavy (non-hydrogen) atoms. The van der Waals surface area contributed by atoms with Crippen LogP contribution in [0.5, 0.6) is 6.01 Å². The fraction of sp³-hybridized carbons (Fsp3) is 0.905. The Hall–Kier alpha value is -1.14. The highest BCUT2D eigenvalue weighted by Crippen LogP contribution is 2.48. The zero-order chi connectivity index (χ0) is 20.1. The SMILES string of the molecule is CC1[C@H](C(C)(C)CCC(C)(C)CCO)CCCC[C@@]1(O)COc1ncn[nH]1. The van der Waals surface area contributed by atoms with Gasteiger partial charge in [-0.25, -0.2) is 5.10 Å². The highest BCUT2D eigenvalue weighted by atomic mass is 16.5. The molecule has 6 heteroatoms. The number of aliphatic hydroxyl groups excluding tert-OH is 1. The van der Waals surface area contributed by atoms with Crippen LogP contribution in [0.15, 0.2) is 6.33 Å². The van der Waals surface area contributed by atoms with Crippen molar-refractivity contribution in [1.29, 1.82) is 0 Å². The summed E-state index contributed by atoms with van der Waals surface area (Å²) in [7, 11) is 0. The van der Waals surface area contributed by atoms with E-state index in [1.54, 1.807) is 0 Å². The number of aliphatic hydroxyl groups is 2. The summed E-state index contributed by atoms with van der Waals surface area (Å²) in [4.78, 5) is 4.00. The van der Waals surface area contributed by atoms with Crippen LogP contribution in [-0.2, 0) is 0 Å². The zero-order valence-corrected chi connectivity index (χ0v) is 17.8. The second-order valence-corrected chi connectivity index (χ2v) is 9.95. The number of aromatic nitrogens is 3. The van der Waals surface area contributed by atoms with Crippen molar-refractivity contribution in [3.8, 4) is 6.01 Å². The van der Waals surface area contributed by atoms with Gasteiger partial charge in [0, 0.05) is 6.61 Å². The van der Waals surface area contributed by atoms with E-state index in [0.717, 1.165) is 44.9 Å². The highest BCUT2D eigenvalue weighted by molar-refractivity contribution is 4.97. The molecule has 1 heterocycles. The Kier molecular flexibility index (Phi) is 7.31. The topological polar surface area (TPSA) is 91.3 Å². The van der Waals surface area contributed by atoms with Gasteiger partial charge in [0.25, 0.3) is 0 Å². The third kappa shape index (κ3) is 5.92. The minimum Gasteiger partial charge on any atom is -0.461 e. The van der Waals surface area contributed by atoms with Gasteiger partial charge in [-0.15, -0.1) is 0 Å². The molecule has 1 aromatic rings. The van der Waals surface area contributed by atoms with Gasteiger partial charge in [0.2, 0.25) is 0 Å². The molecule has 0 radical (unpaired) electrons. The molecule has 1 aliphatic carbocycles. The third-order valence-corrected chi connectivity index (χ3v) is 6.92. The standard InChI is InChI=1S/C21H39N3O3/c1-16-17(20(4,5)11-10-19(2,3)12-13-25)8-6-7-9-21(16,26)14-27-18-22-15-23-24-18/h15-17,25-26H,6-14H2,1-5H3,(H,22,23,24)/t16?,17-,21-/m1/s1. The zero-order valence-electron chi connectivity index (χ0n) is 17.8. The van der Waals surface area contributed by atoms with E-state index in [2.05, 4.69) is 49.8 Å². The van der Waals surface area contributed by atoms with Gasteiger partial charge in [-0.05, 0) is 54.8 Å². The number of rotatable bonds is 9. The van der Waals surface area contributed by atoms with Crippen LogP contribution in [0, 0.1) is 22.7 Å². The summed E-state index contributed by atoms with van der Waals surface area (Å²) in [6.07, 6.45) is 8.47. The van der Waals surface area contributed by atoms with E-state index in [4.69, 9.17) is 4.74 Å². The van der Waals surface area contributed by atoms with Crippen molar-refractivity contribution in [2.24, 2.45) is 22.7 Å². The average Bonchev–Trinajstić information content (AvgIpc) is 3.06. The van der Waals surface area contributed by atoms with Crippen molar-refractivity contribution in [2.45, 2.75) is 85.2 Å². The van der Waals surface area contributed by atoms with Gasteiger partial charge in [0.1, 0.15) is 18.5 Å². The van der Waals surface area contributed by atoms with E-state index in [1.807, 2.05) is 0 Å². The van der Waals surface area contributed by atoms with Crippen molar-refractivity contribution in [3.05, 3.63) is 6.33 Å². The van der Waals surface area contributed by atoms with Crippen molar-refractivity contribution in [1.82, 2.24) is 15.2 Å². The van der Waals surface area contributed by atoms with Crippen molar-refractivity contribution >= 4 is 0 Å². The summed E-state index contributed by atoms with van der Waals surface area (Å²) in [5, 5.41) is 27.3. The maximum Gasteiger partial charge on any atom is 0.312 e. The number of nitrogens with one attached hydrogen (secondary N) is 1. The lowest BCUT2D eigenvalue weighted by molar-refractivity contribution is -0.0881. The van der Waals surface area contributed by atoms with E-state index < -0.39 is 5.60 Å². The molecule has 1 aromatic heterocycles. The summed E-state index contributed by atoms with van der Waals surface area (Å²) < 4.78 is 5.71. The first kappa shape index (κ1) is 22.2. The fourth-order valence-corrected chi connectivity index (χ4v) is 4.65. The minimum atomic E-state index is -0.855. The lowest BCUT2D eigenvalue weighted by atomic mass is 9.63. The summed E-state index contributed by atoms with van der Waals surface area (Å²) in [5.74, 6) is 0.562. The molecule has 0 spiro atoms. The van der Waals surface area contributed by atoms with Gasteiger partial charge in [-0.2, -0.15) is 10.1 Å². The van der Waals surface area contributed by atoms with E-state index in [-0.39, 0.29) is 30.0 Å². The molecular formula is C21H39N3O3. The van der Waals surface area contributed by atoms with Crippen LogP contribution in [0.1, 0.15) is 79.6 Å². The predicted octanol–water partition coefficient (Wildman–Crippen LogP) is 3.96. The quantitative estimate of drug-likeness (QED) is 0.563. The van der Waals surface area contributed by atoms with E-state index >= 15 is 0 Å². The van der Waals surface area contributed by atoms with Crippen LogP contribution in [0.4, 0.5) is 0 Å². The first-order chi connectivity index (χ1) is 12.6. The molecule has 3 atom stereocenters. The van der Waals surface area contributed by atoms with Gasteiger partial charge < -0.3 is 14.9 Å². The number of hydrogen-bond donors (Lipinski definition) is 3. The van der Waals surface area contributed by atoms with Gasteiger partial charge in [-0.1, -0.05) is 47.5 Å². The Morgan fingerprint density at radius 3 is 2.59 bits per heavy atom. The van der Waals surface area contributed by atoms with Crippen LogP contribution in [0.3, 0.4) is 0 Å². The number of aromatic amines is 1. The monoisotopic (exact) mass is 381 g/mol. The van der Waals surface area contributed by atoms with Crippen LogP contribution in [0.25, 0.3) is 0 Å². The smallest absolute Gasteiger partial charge is 0.312 e. The summed E-state index contributed by atoms with van der Waals surface area (Å²) >= 11 is 0. The molecule has 2 rings (SSSR count). The summed E-state index contributed by atoms with van der Waals surface area (Å²) in [6, 6.07) is 0.362. The van der Waals surface area contributed by atoms with Crippen molar-refractivity contribution < 1.29 is 14.9 Å². The lowest BCUT2D eigenvalue weighted by Crippen LogP contribution is -2.47. The summed E-state index contributed by atoms with van der Waals surface area (Å²) in [6.45, 7) is 11.8. The average molecular weight is 382 g/mol. The number of nitrogens with zero attached hydrogens (tertiary/aromatic N) is 2. The van der Waals surface area contributed by atoms with Gasteiger partial charge in [-0.3, -0.25) is 0 Å². The molecule has 6 nitrogen and oxygen atoms in total. The molecule has 0 bridgehead atoms. The number of hydrogen-bond acceptors (Lipinski definition) is 5. The normalized spacial score (nSPS) is 27.4. The van der Waals surface area contributed by atoms with Gasteiger partial charge in [0.05, 0.1) is 0 Å². The first-order valence-corrected chi connectivity index (χ1v) is 10.4. The van der Waals surface area contributed by atoms with E-state index in [0.29, 0.717) is 11.9 Å². The van der Waals surface area contributed by atoms with Gasteiger partial charge >= 0.3 is 6.01 Å². The molecule has 156 valence electrons. The molecule has 0 aromatic carbocycles. The molecule has 0 saturated heterocycles. The second kappa shape index (κ2) is 8.91. The Labute approximate surface area is 164 Å². The fourth-order valence-electron chi connectivity index (χ4n) is 4.65. The van der Waals surface area contributed by atoms with E-state index in [9.17, 15) is 10.2 Å². The molecule has 0 amide bonds. The molecule has 0 aliphatic heterocycles. The lowest BCUT2D eigenvalue weighted by Gasteiger charge is -2.44. The molecule has 1 unspecified atom stereocenters. The second-order valence-electron chi connectivity index (χ2n) is 9.95. The molecular weight excluding hydrogens is 342 g/mol. The van der Waals surface area contributed by atoms with Crippen LogP contribution < -0.4 is 4.74 Å². The number of H-pyrrole nitrogens is 1. The molecule has 1 aliphatic rings. The number of ether oxygens (including phenoxy) is 1. The molecule has 1 fully saturated rings.